The minimum Gasteiger partial charge on any atom is -0.389 e. The van der Waals surface area contributed by atoms with Crippen molar-refractivity contribution in [2.75, 3.05) is 24.6 Å². The van der Waals surface area contributed by atoms with E-state index in [0.29, 0.717) is 11.1 Å². The van der Waals surface area contributed by atoms with Crippen LogP contribution in [0.3, 0.4) is 0 Å². The van der Waals surface area contributed by atoms with Gasteiger partial charge in [-0.15, -0.1) is 0 Å². The molecular formula is C15H22ClNO2. The summed E-state index contributed by atoms with van der Waals surface area (Å²) in [6, 6.07) is 5.86. The Kier molecular flexibility index (Phi) is 5.08. The molecule has 1 fully saturated rings. The molecule has 19 heavy (non-hydrogen) atoms. The number of ether oxygens (including phenoxy) is 1. The lowest BCUT2D eigenvalue weighted by molar-refractivity contribution is 0.115. The number of anilines is 1. The molecule has 1 heterocycles. The second-order valence-corrected chi connectivity index (χ2v) is 5.46. The van der Waals surface area contributed by atoms with Crippen molar-refractivity contribution in [1.29, 1.82) is 0 Å². The highest BCUT2D eigenvalue weighted by Crippen LogP contribution is 2.28. The Labute approximate surface area is 120 Å². The zero-order valence-corrected chi connectivity index (χ0v) is 12.4. The van der Waals surface area contributed by atoms with Crippen molar-refractivity contribution in [1.82, 2.24) is 0 Å². The molecule has 0 radical (unpaired) electrons. The average Bonchev–Trinajstić information content (AvgIpc) is 2.88. The van der Waals surface area contributed by atoms with Crippen LogP contribution >= 0.6 is 11.6 Å². The van der Waals surface area contributed by atoms with Gasteiger partial charge >= 0.3 is 0 Å². The maximum atomic E-state index is 9.60. The normalized spacial score (nSPS) is 20.5. The van der Waals surface area contributed by atoms with Gasteiger partial charge in [-0.2, -0.15) is 0 Å². The molecule has 1 aliphatic rings. The van der Waals surface area contributed by atoms with Crippen molar-refractivity contribution in [3.63, 3.8) is 0 Å². The van der Waals surface area contributed by atoms with E-state index in [1.54, 1.807) is 6.92 Å². The molecule has 3 nitrogen and oxygen atoms in total. The lowest BCUT2D eigenvalue weighted by Gasteiger charge is -2.26. The van der Waals surface area contributed by atoms with E-state index in [1.807, 2.05) is 18.2 Å². The minimum atomic E-state index is -0.533. The van der Waals surface area contributed by atoms with Crippen LogP contribution in [0.25, 0.3) is 0 Å². The molecule has 0 aromatic heterocycles. The van der Waals surface area contributed by atoms with E-state index in [1.165, 1.54) is 0 Å². The number of nitrogens with zero attached hydrogens (tertiary/aromatic N) is 1. The van der Waals surface area contributed by atoms with Crippen LogP contribution in [0.5, 0.6) is 0 Å². The number of hydrogen-bond acceptors (Lipinski definition) is 3. The van der Waals surface area contributed by atoms with Gasteiger partial charge in [-0.1, -0.05) is 17.7 Å². The van der Waals surface area contributed by atoms with Gasteiger partial charge in [-0.3, -0.25) is 0 Å². The smallest absolute Gasteiger partial charge is 0.0776 e. The van der Waals surface area contributed by atoms with Crippen LogP contribution in [0, 0.1) is 0 Å². The summed E-state index contributed by atoms with van der Waals surface area (Å²) in [6.45, 7) is 6.56. The lowest BCUT2D eigenvalue weighted by atomic mass is 10.1. The number of halogens is 1. The van der Waals surface area contributed by atoms with Gasteiger partial charge < -0.3 is 14.7 Å². The summed E-state index contributed by atoms with van der Waals surface area (Å²) >= 11 is 6.22. The molecule has 2 rings (SSSR count). The Morgan fingerprint density at radius 3 is 2.84 bits per heavy atom. The molecule has 2 unspecified atom stereocenters. The summed E-state index contributed by atoms with van der Waals surface area (Å²) < 4.78 is 5.68. The summed E-state index contributed by atoms with van der Waals surface area (Å²) in [5.74, 6) is 0. The summed E-state index contributed by atoms with van der Waals surface area (Å²) in [4.78, 5) is 2.27. The van der Waals surface area contributed by atoms with Crippen LogP contribution in [0.1, 0.15) is 38.4 Å². The van der Waals surface area contributed by atoms with Gasteiger partial charge in [0, 0.05) is 30.4 Å². The first-order valence-corrected chi connectivity index (χ1v) is 7.33. The molecule has 2 atom stereocenters. The van der Waals surface area contributed by atoms with Gasteiger partial charge in [-0.25, -0.2) is 0 Å². The molecule has 1 aromatic rings. The van der Waals surface area contributed by atoms with Crippen LogP contribution in [0.2, 0.25) is 5.02 Å². The third-order valence-corrected chi connectivity index (χ3v) is 3.96. The highest BCUT2D eigenvalue weighted by molar-refractivity contribution is 6.31. The van der Waals surface area contributed by atoms with E-state index < -0.39 is 6.10 Å². The number of rotatable bonds is 5. The minimum absolute atomic E-state index is 0.329. The molecule has 4 heteroatoms. The van der Waals surface area contributed by atoms with Crippen molar-refractivity contribution in [3.05, 3.63) is 28.8 Å². The number of hydrogen-bond donors (Lipinski definition) is 1. The predicted molar refractivity (Wildman–Crippen MR) is 78.9 cm³/mol. The molecule has 1 saturated heterocycles. The van der Waals surface area contributed by atoms with Gasteiger partial charge in [0.15, 0.2) is 0 Å². The highest BCUT2D eigenvalue weighted by atomic mass is 35.5. The lowest BCUT2D eigenvalue weighted by Crippen LogP contribution is -2.32. The largest absolute Gasteiger partial charge is 0.389 e. The molecule has 0 amide bonds. The Balaban J connectivity index is 2.11. The van der Waals surface area contributed by atoms with Crippen LogP contribution in [-0.2, 0) is 4.74 Å². The molecule has 0 spiro atoms. The van der Waals surface area contributed by atoms with E-state index in [4.69, 9.17) is 16.3 Å². The topological polar surface area (TPSA) is 32.7 Å². The van der Waals surface area contributed by atoms with Gasteiger partial charge in [0.2, 0.25) is 0 Å². The van der Waals surface area contributed by atoms with E-state index in [2.05, 4.69) is 11.8 Å². The fourth-order valence-corrected chi connectivity index (χ4v) is 2.84. The molecule has 1 aliphatic heterocycles. The fourth-order valence-electron chi connectivity index (χ4n) is 2.50. The van der Waals surface area contributed by atoms with Gasteiger partial charge in [-0.05, 0) is 44.4 Å². The molecule has 0 bridgehead atoms. The number of benzene rings is 1. The van der Waals surface area contributed by atoms with Crippen LogP contribution in [-0.4, -0.2) is 30.9 Å². The zero-order valence-electron chi connectivity index (χ0n) is 11.6. The van der Waals surface area contributed by atoms with E-state index in [0.717, 1.165) is 43.8 Å². The van der Waals surface area contributed by atoms with Crippen LogP contribution < -0.4 is 4.90 Å². The quantitative estimate of drug-likeness (QED) is 0.899. The molecule has 1 aromatic carbocycles. The second kappa shape index (κ2) is 6.60. The average molecular weight is 284 g/mol. The van der Waals surface area contributed by atoms with Crippen LogP contribution in [0.4, 0.5) is 5.69 Å². The monoisotopic (exact) mass is 283 g/mol. The SMILES string of the molecule is CCN(CC1CCCO1)c1ccc(C(C)O)c(Cl)c1. The Morgan fingerprint density at radius 2 is 2.32 bits per heavy atom. The molecule has 1 N–H and O–H groups in total. The third kappa shape index (κ3) is 3.62. The van der Waals surface area contributed by atoms with Crippen molar-refractivity contribution in [2.45, 2.75) is 38.9 Å². The number of aliphatic hydroxyl groups excluding tert-OH is 1. The maximum Gasteiger partial charge on any atom is 0.0776 e. The summed E-state index contributed by atoms with van der Waals surface area (Å²) in [5.41, 5.74) is 1.87. The standard InChI is InChI=1S/C15H22ClNO2/c1-3-17(10-13-5-4-8-19-13)12-6-7-14(11(2)18)15(16)9-12/h6-7,9,11,13,18H,3-5,8,10H2,1-2H3. The molecule has 106 valence electrons. The summed E-state index contributed by atoms with van der Waals surface area (Å²) in [6.07, 6.45) is 2.09. The Hall–Kier alpha value is -0.770. The van der Waals surface area contributed by atoms with Gasteiger partial charge in [0.25, 0.3) is 0 Å². The molecule has 0 saturated carbocycles. The maximum absolute atomic E-state index is 9.60. The third-order valence-electron chi connectivity index (χ3n) is 3.63. The first-order chi connectivity index (χ1) is 9.11. The van der Waals surface area contributed by atoms with Gasteiger partial charge in [0.05, 0.1) is 12.2 Å². The Bertz CT molecular complexity index is 417. The Morgan fingerprint density at radius 1 is 1.53 bits per heavy atom. The number of likely N-dealkylation sites (N-methyl/N-ethyl adjacent to an activating group) is 1. The molecule has 0 aliphatic carbocycles. The van der Waals surface area contributed by atoms with E-state index in [-0.39, 0.29) is 0 Å². The first-order valence-electron chi connectivity index (χ1n) is 6.96. The van der Waals surface area contributed by atoms with Gasteiger partial charge in [0.1, 0.15) is 0 Å². The van der Waals surface area contributed by atoms with E-state index in [9.17, 15) is 5.11 Å². The van der Waals surface area contributed by atoms with Crippen molar-refractivity contribution in [2.24, 2.45) is 0 Å². The summed E-state index contributed by atoms with van der Waals surface area (Å²) in [5, 5.41) is 10.2. The first kappa shape index (κ1) is 14.6. The number of aliphatic hydroxyl groups is 1. The van der Waals surface area contributed by atoms with Crippen molar-refractivity contribution in [3.8, 4) is 0 Å². The van der Waals surface area contributed by atoms with E-state index >= 15 is 0 Å². The summed E-state index contributed by atoms with van der Waals surface area (Å²) in [7, 11) is 0. The van der Waals surface area contributed by atoms with Crippen molar-refractivity contribution >= 4 is 17.3 Å². The zero-order chi connectivity index (χ0) is 13.8. The second-order valence-electron chi connectivity index (χ2n) is 5.06. The predicted octanol–water partition coefficient (Wildman–Crippen LogP) is 3.40. The highest BCUT2D eigenvalue weighted by Gasteiger charge is 2.19. The van der Waals surface area contributed by atoms with Crippen LogP contribution in [0.15, 0.2) is 18.2 Å². The fraction of sp³-hybridized carbons (Fsp3) is 0.600. The molecular weight excluding hydrogens is 262 g/mol. The van der Waals surface area contributed by atoms with Crippen molar-refractivity contribution < 1.29 is 9.84 Å².